The Balaban J connectivity index is 2.69. The molecule has 1 rings (SSSR count). The van der Waals surface area contributed by atoms with Gasteiger partial charge in [0, 0.05) is 0 Å². The van der Waals surface area contributed by atoms with Crippen molar-refractivity contribution in [2.75, 3.05) is 0 Å². The third-order valence-corrected chi connectivity index (χ3v) is 2.81. The van der Waals surface area contributed by atoms with Gasteiger partial charge in [0.05, 0.1) is 6.10 Å². The lowest BCUT2D eigenvalue weighted by molar-refractivity contribution is -0.272. The van der Waals surface area contributed by atoms with Crippen molar-refractivity contribution in [1.82, 2.24) is 0 Å². The normalized spacial score (nSPS) is 38.9. The standard InChI is InChI=1S/C8H12Cl3NO5/c1-2-3(13)4(14)5(15)6(16-2)17-7(12)8(9,10)11/h2-6,12-15H,1H3/t2-,3+,4+,5-,6?/m1/s1. The minimum absolute atomic E-state index is 0.748. The van der Waals surface area contributed by atoms with Crippen LogP contribution in [0, 0.1) is 5.41 Å². The Labute approximate surface area is 112 Å². The van der Waals surface area contributed by atoms with E-state index in [1.165, 1.54) is 6.92 Å². The lowest BCUT2D eigenvalue weighted by Gasteiger charge is -2.39. The molecule has 0 aromatic heterocycles. The summed E-state index contributed by atoms with van der Waals surface area (Å²) in [6.07, 6.45) is -6.44. The van der Waals surface area contributed by atoms with E-state index in [0.29, 0.717) is 0 Å². The summed E-state index contributed by atoms with van der Waals surface area (Å²) < 4.78 is 7.76. The van der Waals surface area contributed by atoms with E-state index in [2.05, 4.69) is 0 Å². The molecule has 1 unspecified atom stereocenters. The van der Waals surface area contributed by atoms with Gasteiger partial charge in [-0.1, -0.05) is 34.8 Å². The van der Waals surface area contributed by atoms with Crippen molar-refractivity contribution in [1.29, 1.82) is 5.41 Å². The van der Waals surface area contributed by atoms with Gasteiger partial charge in [-0.05, 0) is 6.92 Å². The summed E-state index contributed by atoms with van der Waals surface area (Å²) in [4.78, 5) is 0. The van der Waals surface area contributed by atoms with E-state index in [0.717, 1.165) is 0 Å². The third-order valence-electron chi connectivity index (χ3n) is 2.30. The first-order valence-corrected chi connectivity index (χ1v) is 5.80. The Kier molecular flexibility index (Phi) is 4.88. The summed E-state index contributed by atoms with van der Waals surface area (Å²) in [5, 5.41) is 35.7. The number of rotatable bonds is 1. The molecule has 1 aliphatic rings. The van der Waals surface area contributed by atoms with Crippen LogP contribution in [0.1, 0.15) is 6.92 Å². The Bertz CT molecular complexity index is 297. The van der Waals surface area contributed by atoms with Crippen molar-refractivity contribution < 1.29 is 24.8 Å². The number of alkyl halides is 3. The fraction of sp³-hybridized carbons (Fsp3) is 0.875. The van der Waals surface area contributed by atoms with Crippen LogP contribution in [0.4, 0.5) is 0 Å². The molecule has 0 bridgehead atoms. The second-order valence-electron chi connectivity index (χ2n) is 3.63. The summed E-state index contributed by atoms with van der Waals surface area (Å²) in [5.74, 6) is -0.748. The van der Waals surface area contributed by atoms with Gasteiger partial charge in [0.1, 0.15) is 18.3 Å². The fourth-order valence-corrected chi connectivity index (χ4v) is 1.43. The van der Waals surface area contributed by atoms with Gasteiger partial charge in [0.2, 0.25) is 12.2 Å². The maximum Gasteiger partial charge on any atom is 0.265 e. The van der Waals surface area contributed by atoms with Crippen molar-refractivity contribution in [3.8, 4) is 0 Å². The number of nitrogens with one attached hydrogen (secondary N) is 1. The van der Waals surface area contributed by atoms with E-state index in [4.69, 9.17) is 49.7 Å². The number of hydrogen-bond acceptors (Lipinski definition) is 6. The van der Waals surface area contributed by atoms with Crippen molar-refractivity contribution >= 4 is 40.7 Å². The molecule has 4 N–H and O–H groups in total. The monoisotopic (exact) mass is 307 g/mol. The second kappa shape index (κ2) is 5.44. The molecule has 0 radical (unpaired) electrons. The number of hydrogen-bond donors (Lipinski definition) is 4. The largest absolute Gasteiger partial charge is 0.445 e. The molecule has 6 nitrogen and oxygen atoms in total. The summed E-state index contributed by atoms with van der Waals surface area (Å²) in [5.41, 5.74) is 0. The van der Waals surface area contributed by atoms with E-state index < -0.39 is 40.4 Å². The van der Waals surface area contributed by atoms with Gasteiger partial charge >= 0.3 is 0 Å². The number of aliphatic hydroxyl groups is 3. The van der Waals surface area contributed by atoms with Crippen LogP contribution in [0.25, 0.3) is 0 Å². The van der Waals surface area contributed by atoms with Crippen LogP contribution in [0.2, 0.25) is 0 Å². The predicted molar refractivity (Wildman–Crippen MR) is 61.5 cm³/mol. The third kappa shape index (κ3) is 3.57. The Hall–Kier alpha value is 0.180. The first-order chi connectivity index (χ1) is 7.64. The van der Waals surface area contributed by atoms with E-state index in [1.54, 1.807) is 0 Å². The summed E-state index contributed by atoms with van der Waals surface area (Å²) in [6, 6.07) is 0. The van der Waals surface area contributed by atoms with Crippen LogP contribution in [0.15, 0.2) is 0 Å². The lowest BCUT2D eigenvalue weighted by atomic mass is 10.0. The summed E-state index contributed by atoms with van der Waals surface area (Å²) in [6.45, 7) is 1.47. The van der Waals surface area contributed by atoms with Crippen molar-refractivity contribution in [2.24, 2.45) is 0 Å². The molecule has 0 aromatic rings. The molecule has 100 valence electrons. The van der Waals surface area contributed by atoms with Gasteiger partial charge in [-0.3, -0.25) is 5.41 Å². The molecule has 1 heterocycles. The molecule has 0 aliphatic carbocycles. The van der Waals surface area contributed by atoms with Crippen LogP contribution in [0.3, 0.4) is 0 Å². The first-order valence-electron chi connectivity index (χ1n) is 4.66. The molecular formula is C8H12Cl3NO5. The average Bonchev–Trinajstić information content (AvgIpc) is 2.21. The molecule has 17 heavy (non-hydrogen) atoms. The minimum atomic E-state index is -2.09. The van der Waals surface area contributed by atoms with Gasteiger partial charge in [-0.15, -0.1) is 0 Å². The van der Waals surface area contributed by atoms with Crippen molar-refractivity contribution in [3.63, 3.8) is 0 Å². The van der Waals surface area contributed by atoms with Gasteiger partial charge in [-0.25, -0.2) is 0 Å². The zero-order valence-corrected chi connectivity index (χ0v) is 10.9. The minimum Gasteiger partial charge on any atom is -0.445 e. The highest BCUT2D eigenvalue weighted by molar-refractivity contribution is 6.76. The van der Waals surface area contributed by atoms with Crippen LogP contribution in [0.5, 0.6) is 0 Å². The predicted octanol–water partition coefficient (Wildman–Crippen LogP) is 0.178. The summed E-state index contributed by atoms with van der Waals surface area (Å²) in [7, 11) is 0. The molecule has 0 amide bonds. The van der Waals surface area contributed by atoms with Gasteiger partial charge < -0.3 is 24.8 Å². The molecular weight excluding hydrogens is 296 g/mol. The van der Waals surface area contributed by atoms with Crippen LogP contribution >= 0.6 is 34.8 Å². The number of ether oxygens (including phenoxy) is 2. The Morgan fingerprint density at radius 2 is 1.71 bits per heavy atom. The summed E-state index contributed by atoms with van der Waals surface area (Å²) >= 11 is 16.2. The van der Waals surface area contributed by atoms with Crippen molar-refractivity contribution in [2.45, 2.75) is 41.4 Å². The SMILES string of the molecule is C[C@H]1OC(OC(=N)C(Cl)(Cl)Cl)[C@H](O)[C@@H](O)[C@H]1O. The lowest BCUT2D eigenvalue weighted by Crippen LogP contribution is -2.58. The smallest absolute Gasteiger partial charge is 0.265 e. The van der Waals surface area contributed by atoms with Gasteiger partial charge in [0.25, 0.3) is 3.79 Å². The molecule has 1 aliphatic heterocycles. The van der Waals surface area contributed by atoms with Gasteiger partial charge in [-0.2, -0.15) is 0 Å². The zero-order chi connectivity index (χ0) is 13.4. The van der Waals surface area contributed by atoms with Crippen LogP contribution in [-0.4, -0.2) is 55.7 Å². The fourth-order valence-electron chi connectivity index (χ4n) is 1.29. The van der Waals surface area contributed by atoms with Gasteiger partial charge in [0.15, 0.2) is 0 Å². The Morgan fingerprint density at radius 1 is 1.18 bits per heavy atom. The molecule has 0 aromatic carbocycles. The number of halogens is 3. The molecule has 5 atom stereocenters. The molecule has 0 saturated carbocycles. The van der Waals surface area contributed by atoms with Crippen LogP contribution < -0.4 is 0 Å². The molecule has 1 fully saturated rings. The van der Waals surface area contributed by atoms with E-state index in [-0.39, 0.29) is 0 Å². The Morgan fingerprint density at radius 3 is 2.18 bits per heavy atom. The average molecular weight is 309 g/mol. The maximum atomic E-state index is 9.55. The first kappa shape index (κ1) is 15.2. The molecule has 1 saturated heterocycles. The van der Waals surface area contributed by atoms with Crippen LogP contribution in [-0.2, 0) is 9.47 Å². The molecule has 0 spiro atoms. The van der Waals surface area contributed by atoms with Crippen molar-refractivity contribution in [3.05, 3.63) is 0 Å². The van der Waals surface area contributed by atoms with E-state index in [9.17, 15) is 15.3 Å². The van der Waals surface area contributed by atoms with E-state index >= 15 is 0 Å². The highest BCUT2D eigenvalue weighted by atomic mass is 35.6. The quantitative estimate of drug-likeness (QED) is 0.314. The number of aliphatic hydroxyl groups excluding tert-OH is 3. The topological polar surface area (TPSA) is 103 Å². The zero-order valence-electron chi connectivity index (χ0n) is 8.68. The highest BCUT2D eigenvalue weighted by Crippen LogP contribution is 2.30. The van der Waals surface area contributed by atoms with E-state index in [1.807, 2.05) is 0 Å². The highest BCUT2D eigenvalue weighted by Gasteiger charge is 2.44. The second-order valence-corrected chi connectivity index (χ2v) is 5.91. The maximum absolute atomic E-state index is 9.55. The molecule has 9 heteroatoms.